The zero-order valence-electron chi connectivity index (χ0n) is 16.1. The molecule has 0 amide bonds. The maximum Gasteiger partial charge on any atom is 0.301 e. The fraction of sp³-hybridized carbons (Fsp3) is 1.00. The second-order valence-electron chi connectivity index (χ2n) is 7.05. The monoisotopic (exact) mass is 362 g/mol. The first-order valence-corrected chi connectivity index (χ1v) is 11.5. The van der Waals surface area contributed by atoms with Crippen LogP contribution in [0.5, 0.6) is 0 Å². The highest BCUT2D eigenvalue weighted by molar-refractivity contribution is 7.74. The molecule has 1 atom stereocenters. The Morgan fingerprint density at radius 1 is 0.583 bits per heavy atom. The van der Waals surface area contributed by atoms with E-state index in [1.54, 1.807) is 0 Å². The molecule has 1 N–H and O–H groups in total. The smallest absolute Gasteiger partial charge is 0.284 e. The van der Waals surface area contributed by atoms with Crippen LogP contribution < -0.4 is 0 Å². The van der Waals surface area contributed by atoms with Gasteiger partial charge in [-0.05, 0) is 6.42 Å². The molecule has 0 aromatic rings. The molecule has 146 valence electrons. The van der Waals surface area contributed by atoms with Crippen LogP contribution in [-0.2, 0) is 15.5 Å². The summed E-state index contributed by atoms with van der Waals surface area (Å²) in [4.78, 5) is 0. The van der Waals surface area contributed by atoms with E-state index in [-0.39, 0.29) is 0 Å². The van der Waals surface area contributed by atoms with Crippen LogP contribution in [0.2, 0.25) is 0 Å². The Labute approximate surface area is 153 Å². The van der Waals surface area contributed by atoms with E-state index in [1.807, 2.05) is 0 Å². The Morgan fingerprint density at radius 2 is 0.875 bits per heavy atom. The maximum atomic E-state index is 10.3. The zero-order valence-corrected chi connectivity index (χ0v) is 16.9. The van der Waals surface area contributed by atoms with Crippen LogP contribution in [0, 0.1) is 0 Å². The van der Waals surface area contributed by atoms with Gasteiger partial charge in [-0.1, -0.05) is 116 Å². The Morgan fingerprint density at radius 3 is 1.17 bits per heavy atom. The van der Waals surface area contributed by atoms with Crippen molar-refractivity contribution >= 4 is 11.4 Å². The molecular weight excluding hydrogens is 320 g/mol. The van der Waals surface area contributed by atoms with E-state index in [2.05, 4.69) is 11.1 Å². The summed E-state index contributed by atoms with van der Waals surface area (Å²) in [5.74, 6) is 0. The number of hydrogen-bond acceptors (Lipinski definition) is 2. The molecule has 0 bridgehead atoms. The van der Waals surface area contributed by atoms with Crippen molar-refractivity contribution in [3.05, 3.63) is 0 Å². The van der Waals surface area contributed by atoms with Crippen molar-refractivity contribution in [1.29, 1.82) is 0 Å². The van der Waals surface area contributed by atoms with Crippen molar-refractivity contribution in [3.63, 3.8) is 0 Å². The minimum atomic E-state index is -2.08. The third-order valence-corrected chi connectivity index (χ3v) is 5.05. The average Bonchev–Trinajstić information content (AvgIpc) is 2.56. The lowest BCUT2D eigenvalue weighted by Gasteiger charge is -2.03. The fourth-order valence-electron chi connectivity index (χ4n) is 3.13. The fourth-order valence-corrected chi connectivity index (χ4v) is 3.39. The Hall–Kier alpha value is 0.0700. The van der Waals surface area contributed by atoms with Gasteiger partial charge in [0.05, 0.1) is 6.61 Å². The number of hydrogen-bond donors (Lipinski definition) is 1. The Balaban J connectivity index is 2.97. The summed E-state index contributed by atoms with van der Waals surface area (Å²) < 4.78 is 23.3. The maximum absolute atomic E-state index is 10.3. The van der Waals surface area contributed by atoms with E-state index in [4.69, 9.17) is 4.55 Å². The predicted octanol–water partition coefficient (Wildman–Crippen LogP) is 7.18. The summed E-state index contributed by atoms with van der Waals surface area (Å²) in [6, 6.07) is 0. The van der Waals surface area contributed by atoms with Crippen molar-refractivity contribution in [2.75, 3.05) is 6.61 Å². The van der Waals surface area contributed by atoms with E-state index < -0.39 is 11.4 Å². The third-order valence-electron chi connectivity index (χ3n) is 4.68. The Bertz CT molecular complexity index is 259. The summed E-state index contributed by atoms with van der Waals surface area (Å²) in [5, 5.41) is 0. The van der Waals surface area contributed by atoms with Gasteiger partial charge in [0.2, 0.25) is 0 Å². The third kappa shape index (κ3) is 22.1. The summed E-state index contributed by atoms with van der Waals surface area (Å²) >= 11 is -2.08. The molecule has 0 radical (unpaired) electrons. The van der Waals surface area contributed by atoms with Crippen molar-refractivity contribution < 1.29 is 12.9 Å². The van der Waals surface area contributed by atoms with E-state index >= 15 is 0 Å². The van der Waals surface area contributed by atoms with Crippen LogP contribution in [0.25, 0.3) is 0 Å². The molecule has 0 heterocycles. The second kappa shape index (κ2) is 21.1. The summed E-state index contributed by atoms with van der Waals surface area (Å²) in [6.07, 6.45) is 24.3. The van der Waals surface area contributed by atoms with E-state index in [1.165, 1.54) is 103 Å². The molecule has 0 aromatic carbocycles. The molecular formula is C20H42O3S. The van der Waals surface area contributed by atoms with Gasteiger partial charge >= 0.3 is 11.4 Å². The largest absolute Gasteiger partial charge is 0.301 e. The second-order valence-corrected chi connectivity index (χ2v) is 7.72. The van der Waals surface area contributed by atoms with Gasteiger partial charge in [-0.3, -0.25) is 8.74 Å². The molecule has 1 unspecified atom stereocenters. The summed E-state index contributed by atoms with van der Waals surface area (Å²) in [5.41, 5.74) is 0. The quantitative estimate of drug-likeness (QED) is 0.184. The SMILES string of the molecule is CCCCCCCCCCCCCCCCCCCCOS(=O)O. The van der Waals surface area contributed by atoms with Gasteiger partial charge in [0.25, 0.3) is 0 Å². The normalized spacial score (nSPS) is 12.6. The highest BCUT2D eigenvalue weighted by Crippen LogP contribution is 2.14. The first kappa shape index (κ1) is 24.1. The molecule has 0 saturated carbocycles. The van der Waals surface area contributed by atoms with Gasteiger partial charge in [0.15, 0.2) is 0 Å². The van der Waals surface area contributed by atoms with E-state index in [0.717, 1.165) is 12.8 Å². The van der Waals surface area contributed by atoms with Gasteiger partial charge < -0.3 is 0 Å². The first-order chi connectivity index (χ1) is 11.8. The van der Waals surface area contributed by atoms with Gasteiger partial charge in [0, 0.05) is 0 Å². The minimum Gasteiger partial charge on any atom is -0.284 e. The number of unbranched alkanes of at least 4 members (excludes halogenated alkanes) is 17. The molecule has 0 spiro atoms. The zero-order chi connectivity index (χ0) is 17.7. The Kier molecular flexibility index (Phi) is 21.2. The molecule has 0 aliphatic carbocycles. The molecule has 0 aliphatic rings. The lowest BCUT2D eigenvalue weighted by molar-refractivity contribution is 0.296. The van der Waals surface area contributed by atoms with Crippen LogP contribution in [0.1, 0.15) is 122 Å². The highest BCUT2D eigenvalue weighted by atomic mass is 32.2. The van der Waals surface area contributed by atoms with Gasteiger partial charge in [-0.25, -0.2) is 0 Å². The summed E-state index contributed by atoms with van der Waals surface area (Å²) in [6.45, 7) is 2.68. The number of rotatable bonds is 20. The molecule has 0 rings (SSSR count). The van der Waals surface area contributed by atoms with E-state index in [9.17, 15) is 4.21 Å². The first-order valence-electron chi connectivity index (χ1n) is 10.5. The standard InChI is InChI=1S/C20H42O3S/c1-2-3-4-5-6-7-8-9-10-11-12-13-14-15-16-17-18-19-20-23-24(21)22/h2-20H2,1H3,(H,21,22). The molecule has 3 nitrogen and oxygen atoms in total. The van der Waals surface area contributed by atoms with Crippen LogP contribution in [0.3, 0.4) is 0 Å². The van der Waals surface area contributed by atoms with Gasteiger partial charge in [-0.15, -0.1) is 0 Å². The van der Waals surface area contributed by atoms with Crippen LogP contribution in [-0.4, -0.2) is 15.4 Å². The summed E-state index contributed by atoms with van der Waals surface area (Å²) in [7, 11) is 0. The van der Waals surface area contributed by atoms with Crippen molar-refractivity contribution in [2.24, 2.45) is 0 Å². The van der Waals surface area contributed by atoms with E-state index in [0.29, 0.717) is 6.61 Å². The lowest BCUT2D eigenvalue weighted by Crippen LogP contribution is -1.97. The van der Waals surface area contributed by atoms with Crippen LogP contribution in [0.4, 0.5) is 0 Å². The van der Waals surface area contributed by atoms with Crippen molar-refractivity contribution in [3.8, 4) is 0 Å². The van der Waals surface area contributed by atoms with Crippen LogP contribution >= 0.6 is 0 Å². The average molecular weight is 363 g/mol. The molecule has 24 heavy (non-hydrogen) atoms. The predicted molar refractivity (Wildman–Crippen MR) is 106 cm³/mol. The van der Waals surface area contributed by atoms with Crippen molar-refractivity contribution in [2.45, 2.75) is 122 Å². The van der Waals surface area contributed by atoms with Gasteiger partial charge in [0.1, 0.15) is 0 Å². The highest BCUT2D eigenvalue weighted by Gasteiger charge is 1.96. The molecule has 0 aliphatic heterocycles. The molecule has 0 fully saturated rings. The lowest BCUT2D eigenvalue weighted by atomic mass is 10.0. The minimum absolute atomic E-state index is 0.405. The molecule has 0 saturated heterocycles. The van der Waals surface area contributed by atoms with Gasteiger partial charge in [-0.2, -0.15) is 4.21 Å². The van der Waals surface area contributed by atoms with Crippen molar-refractivity contribution in [1.82, 2.24) is 0 Å². The van der Waals surface area contributed by atoms with Crippen LogP contribution in [0.15, 0.2) is 0 Å². The molecule has 0 aromatic heterocycles. The molecule has 4 heteroatoms. The topological polar surface area (TPSA) is 46.5 Å².